The highest BCUT2D eigenvalue weighted by molar-refractivity contribution is 8.13. The van der Waals surface area contributed by atoms with Crippen LogP contribution in [0.15, 0.2) is 23.2 Å². The molecule has 108 valence electrons. The SMILES string of the molecule is COC(=O)c1nn(C)c2ccc(N=C(NC#N)SC)cc12. The highest BCUT2D eigenvalue weighted by Crippen LogP contribution is 2.25. The van der Waals surface area contributed by atoms with Crippen LogP contribution in [0.2, 0.25) is 0 Å². The zero-order valence-electron chi connectivity index (χ0n) is 11.7. The topological polar surface area (TPSA) is 92.3 Å². The molecule has 0 atom stereocenters. The van der Waals surface area contributed by atoms with Crippen molar-refractivity contribution < 1.29 is 9.53 Å². The average molecular weight is 303 g/mol. The molecule has 2 aromatic rings. The smallest absolute Gasteiger partial charge is 0.359 e. The third-order valence-electron chi connectivity index (χ3n) is 2.80. The second-order valence-corrected chi connectivity index (χ2v) is 4.82. The lowest BCUT2D eigenvalue weighted by molar-refractivity contribution is 0.0595. The first-order chi connectivity index (χ1) is 10.1. The number of aromatic nitrogens is 2. The van der Waals surface area contributed by atoms with E-state index in [9.17, 15) is 4.79 Å². The van der Waals surface area contributed by atoms with Gasteiger partial charge in [0.15, 0.2) is 17.1 Å². The van der Waals surface area contributed by atoms with Gasteiger partial charge < -0.3 is 4.74 Å². The first-order valence-electron chi connectivity index (χ1n) is 5.93. The molecule has 0 aliphatic rings. The van der Waals surface area contributed by atoms with Gasteiger partial charge in [-0.3, -0.25) is 10.00 Å². The molecular weight excluding hydrogens is 290 g/mol. The van der Waals surface area contributed by atoms with Gasteiger partial charge in [0.05, 0.1) is 18.3 Å². The molecule has 0 radical (unpaired) electrons. The number of esters is 1. The number of nitrogens with zero attached hydrogens (tertiary/aromatic N) is 4. The van der Waals surface area contributed by atoms with Gasteiger partial charge >= 0.3 is 5.97 Å². The third kappa shape index (κ3) is 2.98. The molecule has 0 fully saturated rings. The van der Waals surface area contributed by atoms with Crippen LogP contribution in [0.5, 0.6) is 0 Å². The molecule has 0 spiro atoms. The van der Waals surface area contributed by atoms with Gasteiger partial charge in [0.2, 0.25) is 0 Å². The predicted molar refractivity (Wildman–Crippen MR) is 81.4 cm³/mol. The number of aryl methyl sites for hydroxylation is 1. The molecule has 1 N–H and O–H groups in total. The molecule has 21 heavy (non-hydrogen) atoms. The van der Waals surface area contributed by atoms with Crippen LogP contribution in [0.3, 0.4) is 0 Å². The monoisotopic (exact) mass is 303 g/mol. The minimum absolute atomic E-state index is 0.242. The van der Waals surface area contributed by atoms with Gasteiger partial charge in [0.1, 0.15) is 0 Å². The van der Waals surface area contributed by atoms with E-state index in [0.29, 0.717) is 16.2 Å². The summed E-state index contributed by atoms with van der Waals surface area (Å²) >= 11 is 1.32. The summed E-state index contributed by atoms with van der Waals surface area (Å²) in [7, 11) is 3.07. The van der Waals surface area contributed by atoms with E-state index in [0.717, 1.165) is 5.52 Å². The summed E-state index contributed by atoms with van der Waals surface area (Å²) in [5.41, 5.74) is 1.66. The maximum atomic E-state index is 11.7. The van der Waals surface area contributed by atoms with E-state index in [-0.39, 0.29) is 5.69 Å². The highest BCUT2D eigenvalue weighted by atomic mass is 32.2. The van der Waals surface area contributed by atoms with Crippen molar-refractivity contribution in [3.63, 3.8) is 0 Å². The number of nitrogens with one attached hydrogen (secondary N) is 1. The molecule has 1 aromatic heterocycles. The van der Waals surface area contributed by atoms with E-state index in [1.165, 1.54) is 18.9 Å². The quantitative estimate of drug-likeness (QED) is 0.299. The van der Waals surface area contributed by atoms with Crippen molar-refractivity contribution in [2.75, 3.05) is 13.4 Å². The normalized spacial score (nSPS) is 11.2. The highest BCUT2D eigenvalue weighted by Gasteiger charge is 2.16. The maximum absolute atomic E-state index is 11.7. The summed E-state index contributed by atoms with van der Waals surface area (Å²) in [5.74, 6) is -0.498. The molecular formula is C13H13N5O2S. The van der Waals surface area contributed by atoms with Crippen LogP contribution >= 0.6 is 11.8 Å². The standard InChI is InChI=1S/C13H13N5O2S/c1-18-10-5-4-8(16-13(21-3)15-7-14)6-9(10)11(17-18)12(19)20-2/h4-6H,1-3H3,(H,15,16). The first-order valence-corrected chi connectivity index (χ1v) is 7.16. The summed E-state index contributed by atoms with van der Waals surface area (Å²) < 4.78 is 6.34. The zero-order chi connectivity index (χ0) is 15.4. The van der Waals surface area contributed by atoms with Gasteiger partial charge in [-0.05, 0) is 24.5 Å². The Morgan fingerprint density at radius 3 is 2.95 bits per heavy atom. The van der Waals surface area contributed by atoms with E-state index in [2.05, 4.69) is 15.4 Å². The van der Waals surface area contributed by atoms with Gasteiger partial charge in [-0.2, -0.15) is 10.4 Å². The fourth-order valence-corrected chi connectivity index (χ4v) is 2.20. The molecule has 8 heteroatoms. The van der Waals surface area contributed by atoms with Crippen LogP contribution in [0, 0.1) is 11.5 Å². The second kappa shape index (κ2) is 6.28. The Morgan fingerprint density at radius 2 is 2.33 bits per heavy atom. The molecule has 0 saturated carbocycles. The van der Waals surface area contributed by atoms with Gasteiger partial charge in [0.25, 0.3) is 0 Å². The van der Waals surface area contributed by atoms with Crippen LogP contribution < -0.4 is 5.32 Å². The third-order valence-corrected chi connectivity index (χ3v) is 3.38. The number of fused-ring (bicyclic) bond motifs is 1. The first kappa shape index (κ1) is 14.9. The number of benzene rings is 1. The maximum Gasteiger partial charge on any atom is 0.359 e. The van der Waals surface area contributed by atoms with Gasteiger partial charge in [-0.15, -0.1) is 0 Å². The Bertz CT molecular complexity index is 760. The van der Waals surface area contributed by atoms with E-state index >= 15 is 0 Å². The van der Waals surface area contributed by atoms with Crippen molar-refractivity contribution in [3.8, 4) is 6.19 Å². The zero-order valence-corrected chi connectivity index (χ0v) is 12.6. The summed E-state index contributed by atoms with van der Waals surface area (Å²) in [6.07, 6.45) is 3.64. The van der Waals surface area contributed by atoms with Crippen LogP contribution in [0.25, 0.3) is 10.9 Å². The molecule has 0 bridgehead atoms. The second-order valence-electron chi connectivity index (χ2n) is 4.02. The summed E-state index contributed by atoms with van der Waals surface area (Å²) in [6.45, 7) is 0. The van der Waals surface area contributed by atoms with Crippen molar-refractivity contribution in [2.24, 2.45) is 12.0 Å². The van der Waals surface area contributed by atoms with E-state index in [1.54, 1.807) is 23.9 Å². The molecule has 0 amide bonds. The van der Waals surface area contributed by atoms with E-state index < -0.39 is 5.97 Å². The number of hydrogen-bond acceptors (Lipinski definition) is 6. The van der Waals surface area contributed by atoms with Crippen molar-refractivity contribution in [3.05, 3.63) is 23.9 Å². The van der Waals surface area contributed by atoms with Crippen molar-refractivity contribution in [1.82, 2.24) is 15.1 Å². The molecule has 2 rings (SSSR count). The van der Waals surface area contributed by atoms with Crippen molar-refractivity contribution >= 4 is 39.5 Å². The minimum atomic E-state index is -0.498. The Balaban J connectivity index is 2.55. The average Bonchev–Trinajstić information content (AvgIpc) is 2.82. The minimum Gasteiger partial charge on any atom is -0.464 e. The Hall–Kier alpha value is -2.53. The summed E-state index contributed by atoms with van der Waals surface area (Å²) in [6, 6.07) is 5.35. The van der Waals surface area contributed by atoms with Crippen molar-refractivity contribution in [1.29, 1.82) is 5.26 Å². The molecule has 1 aromatic carbocycles. The lowest BCUT2D eigenvalue weighted by Gasteiger charge is -2.01. The summed E-state index contributed by atoms with van der Waals surface area (Å²) in [4.78, 5) is 16.0. The molecule has 0 aliphatic carbocycles. The lowest BCUT2D eigenvalue weighted by Crippen LogP contribution is -2.12. The number of aliphatic imine (C=N–C) groups is 1. The number of hydrogen-bond donors (Lipinski definition) is 1. The number of carbonyl (C=O) groups excluding carboxylic acids is 1. The van der Waals surface area contributed by atoms with Crippen LogP contribution in [-0.2, 0) is 11.8 Å². The fraction of sp³-hybridized carbons (Fsp3) is 0.231. The van der Waals surface area contributed by atoms with Crippen LogP contribution in [-0.4, -0.2) is 34.3 Å². The molecule has 7 nitrogen and oxygen atoms in total. The molecule has 1 heterocycles. The Labute approximate surface area is 125 Å². The van der Waals surface area contributed by atoms with E-state index in [4.69, 9.17) is 10.00 Å². The number of thioether (sulfide) groups is 1. The van der Waals surface area contributed by atoms with Gasteiger partial charge in [0, 0.05) is 12.4 Å². The Kier molecular flexibility index (Phi) is 4.45. The van der Waals surface area contributed by atoms with Crippen molar-refractivity contribution in [2.45, 2.75) is 0 Å². The van der Waals surface area contributed by atoms with Crippen LogP contribution in [0.4, 0.5) is 5.69 Å². The number of methoxy groups -OCH3 is 1. The van der Waals surface area contributed by atoms with Crippen LogP contribution in [0.1, 0.15) is 10.5 Å². The van der Waals surface area contributed by atoms with Gasteiger partial charge in [-0.25, -0.2) is 9.79 Å². The largest absolute Gasteiger partial charge is 0.464 e. The summed E-state index contributed by atoms with van der Waals surface area (Å²) in [5, 5.41) is 16.4. The molecule has 0 aliphatic heterocycles. The number of carbonyl (C=O) groups is 1. The van der Waals surface area contributed by atoms with Gasteiger partial charge in [-0.1, -0.05) is 11.8 Å². The number of rotatable bonds is 2. The fourth-order valence-electron chi connectivity index (χ4n) is 1.86. The molecule has 0 unspecified atom stereocenters. The number of ether oxygens (including phenoxy) is 1. The molecule has 0 saturated heterocycles. The number of nitriles is 1. The Morgan fingerprint density at radius 1 is 1.57 bits per heavy atom. The lowest BCUT2D eigenvalue weighted by atomic mass is 10.2. The van der Waals surface area contributed by atoms with E-state index in [1.807, 2.05) is 18.5 Å². The predicted octanol–water partition coefficient (Wildman–Crippen LogP) is 1.78. The number of amidine groups is 1.